The average Bonchev–Trinajstić information content (AvgIpc) is 2.14. The highest BCUT2D eigenvalue weighted by Crippen LogP contribution is 2.06. The molecule has 0 aromatic heterocycles. The highest BCUT2D eigenvalue weighted by molar-refractivity contribution is 6.04. The van der Waals surface area contributed by atoms with Crippen molar-refractivity contribution in [1.29, 1.82) is 0 Å². The molecule has 0 atom stereocenters. The van der Waals surface area contributed by atoms with Crippen LogP contribution in [0.3, 0.4) is 0 Å². The molecule has 64 valence electrons. The zero-order valence-electron chi connectivity index (χ0n) is 6.41. The molecule has 1 heterocycles. The van der Waals surface area contributed by atoms with E-state index in [0.29, 0.717) is 13.0 Å². The van der Waals surface area contributed by atoms with Gasteiger partial charge in [0.25, 0.3) is 0 Å². The molecule has 1 aliphatic rings. The van der Waals surface area contributed by atoms with Gasteiger partial charge in [-0.2, -0.15) is 5.10 Å². The molecule has 0 aromatic carbocycles. The van der Waals surface area contributed by atoms with Crippen LogP contribution < -0.4 is 5.73 Å². The predicted molar refractivity (Wildman–Crippen MR) is 45.7 cm³/mol. The van der Waals surface area contributed by atoms with E-state index in [1.54, 1.807) is 7.05 Å². The number of amides is 1. The number of nitrogens with two attached hydrogens (primary N) is 1. The summed E-state index contributed by atoms with van der Waals surface area (Å²) in [6.45, 7) is 0.569. The molecule has 1 aliphatic heterocycles. The lowest BCUT2D eigenvalue weighted by Crippen LogP contribution is -2.14. The molecular formula is C6H12ClN3O. The lowest BCUT2D eigenvalue weighted by atomic mass is 10.2. The minimum atomic E-state index is 0. The third kappa shape index (κ3) is 2.48. The Balaban J connectivity index is 0.000001000. The SMILES string of the molecule is CN1N=C(CCN)CC1=O.Cl. The Morgan fingerprint density at radius 2 is 2.36 bits per heavy atom. The topological polar surface area (TPSA) is 58.7 Å². The number of carbonyl (C=O) groups is 1. The molecule has 0 bridgehead atoms. The number of halogens is 1. The van der Waals surface area contributed by atoms with E-state index < -0.39 is 0 Å². The van der Waals surface area contributed by atoms with Gasteiger partial charge in [-0.15, -0.1) is 12.4 Å². The third-order valence-corrected chi connectivity index (χ3v) is 1.44. The summed E-state index contributed by atoms with van der Waals surface area (Å²) in [6.07, 6.45) is 1.18. The summed E-state index contributed by atoms with van der Waals surface area (Å²) in [6, 6.07) is 0. The van der Waals surface area contributed by atoms with Crippen LogP contribution in [-0.4, -0.2) is 30.2 Å². The van der Waals surface area contributed by atoms with Crippen LogP contribution in [0.2, 0.25) is 0 Å². The monoisotopic (exact) mass is 177 g/mol. The lowest BCUT2D eigenvalue weighted by Gasteiger charge is -1.98. The van der Waals surface area contributed by atoms with Gasteiger partial charge in [-0.05, 0) is 6.54 Å². The van der Waals surface area contributed by atoms with Crippen LogP contribution in [0.15, 0.2) is 5.10 Å². The van der Waals surface area contributed by atoms with Gasteiger partial charge in [0.1, 0.15) is 0 Å². The van der Waals surface area contributed by atoms with Crippen LogP contribution in [-0.2, 0) is 4.79 Å². The van der Waals surface area contributed by atoms with Crippen molar-refractivity contribution in [1.82, 2.24) is 5.01 Å². The second kappa shape index (κ2) is 4.31. The van der Waals surface area contributed by atoms with E-state index in [1.807, 2.05) is 0 Å². The summed E-state index contributed by atoms with van der Waals surface area (Å²) in [5.74, 6) is 0.0588. The Morgan fingerprint density at radius 3 is 2.73 bits per heavy atom. The van der Waals surface area contributed by atoms with Gasteiger partial charge in [0, 0.05) is 19.2 Å². The number of hydrazone groups is 1. The van der Waals surface area contributed by atoms with Gasteiger partial charge in [0.05, 0.1) is 6.42 Å². The number of rotatable bonds is 2. The largest absolute Gasteiger partial charge is 0.330 e. The Hall–Kier alpha value is -0.610. The standard InChI is InChI=1S/C6H11N3O.ClH/c1-9-6(10)4-5(8-9)2-3-7;/h2-4,7H2,1H3;1H. The zero-order chi connectivity index (χ0) is 7.56. The maximum absolute atomic E-state index is 10.8. The molecule has 0 radical (unpaired) electrons. The van der Waals surface area contributed by atoms with E-state index in [9.17, 15) is 4.79 Å². The number of hydrogen-bond donors (Lipinski definition) is 1. The molecule has 11 heavy (non-hydrogen) atoms. The first-order chi connectivity index (χ1) is 4.74. The molecule has 1 amide bonds. The van der Waals surface area contributed by atoms with Crippen molar-refractivity contribution in [3.8, 4) is 0 Å². The molecule has 0 unspecified atom stereocenters. The smallest absolute Gasteiger partial charge is 0.248 e. The Labute approximate surface area is 71.8 Å². The van der Waals surface area contributed by atoms with Gasteiger partial charge in [0.15, 0.2) is 0 Å². The second-order valence-corrected chi connectivity index (χ2v) is 2.30. The molecule has 0 spiro atoms. The Bertz CT molecular complexity index is 181. The molecular weight excluding hydrogens is 166 g/mol. The fourth-order valence-corrected chi connectivity index (χ4v) is 0.897. The summed E-state index contributed by atoms with van der Waals surface area (Å²) >= 11 is 0. The van der Waals surface area contributed by atoms with E-state index in [-0.39, 0.29) is 18.3 Å². The van der Waals surface area contributed by atoms with Crippen LogP contribution in [0.25, 0.3) is 0 Å². The highest BCUT2D eigenvalue weighted by Gasteiger charge is 2.18. The van der Waals surface area contributed by atoms with Crippen molar-refractivity contribution in [3.63, 3.8) is 0 Å². The van der Waals surface area contributed by atoms with Gasteiger partial charge in [0.2, 0.25) is 5.91 Å². The zero-order valence-corrected chi connectivity index (χ0v) is 7.23. The van der Waals surface area contributed by atoms with Gasteiger partial charge < -0.3 is 5.73 Å². The predicted octanol–water partition coefficient (Wildman–Crippen LogP) is -0.0249. The van der Waals surface area contributed by atoms with Crippen LogP contribution in [0.5, 0.6) is 0 Å². The van der Waals surface area contributed by atoms with E-state index in [2.05, 4.69) is 5.10 Å². The average molecular weight is 178 g/mol. The molecule has 0 saturated carbocycles. The van der Waals surface area contributed by atoms with Crippen molar-refractivity contribution >= 4 is 24.0 Å². The van der Waals surface area contributed by atoms with Gasteiger partial charge in [-0.1, -0.05) is 0 Å². The quantitative estimate of drug-likeness (QED) is 0.644. The number of carbonyl (C=O) groups excluding carboxylic acids is 1. The van der Waals surface area contributed by atoms with Crippen LogP contribution in [0.1, 0.15) is 12.8 Å². The maximum atomic E-state index is 10.8. The Morgan fingerprint density at radius 1 is 1.73 bits per heavy atom. The molecule has 4 nitrogen and oxygen atoms in total. The first-order valence-electron chi connectivity index (χ1n) is 3.27. The highest BCUT2D eigenvalue weighted by atomic mass is 35.5. The van der Waals surface area contributed by atoms with Crippen LogP contribution >= 0.6 is 12.4 Å². The van der Waals surface area contributed by atoms with Crippen molar-refractivity contribution in [2.24, 2.45) is 10.8 Å². The minimum Gasteiger partial charge on any atom is -0.330 e. The van der Waals surface area contributed by atoms with E-state index >= 15 is 0 Å². The first kappa shape index (κ1) is 10.4. The van der Waals surface area contributed by atoms with Crippen molar-refractivity contribution < 1.29 is 4.79 Å². The fourth-order valence-electron chi connectivity index (χ4n) is 0.897. The third-order valence-electron chi connectivity index (χ3n) is 1.44. The van der Waals surface area contributed by atoms with Crippen LogP contribution in [0, 0.1) is 0 Å². The van der Waals surface area contributed by atoms with Crippen molar-refractivity contribution in [2.45, 2.75) is 12.8 Å². The maximum Gasteiger partial charge on any atom is 0.248 e. The molecule has 5 heteroatoms. The van der Waals surface area contributed by atoms with Gasteiger partial charge in [-0.3, -0.25) is 4.79 Å². The van der Waals surface area contributed by atoms with Crippen molar-refractivity contribution in [3.05, 3.63) is 0 Å². The molecule has 1 rings (SSSR count). The molecule has 0 fully saturated rings. The molecule has 0 aliphatic carbocycles. The van der Waals surface area contributed by atoms with Crippen molar-refractivity contribution in [2.75, 3.05) is 13.6 Å². The first-order valence-corrected chi connectivity index (χ1v) is 3.27. The molecule has 2 N–H and O–H groups in total. The van der Waals surface area contributed by atoms with Gasteiger partial charge in [-0.25, -0.2) is 5.01 Å². The normalized spacial score (nSPS) is 16.4. The summed E-state index contributed by atoms with van der Waals surface area (Å²) in [5, 5.41) is 5.35. The van der Waals surface area contributed by atoms with Gasteiger partial charge >= 0.3 is 0 Å². The molecule has 0 aromatic rings. The summed E-state index contributed by atoms with van der Waals surface area (Å²) in [5.41, 5.74) is 6.19. The minimum absolute atomic E-state index is 0. The lowest BCUT2D eigenvalue weighted by molar-refractivity contribution is -0.127. The second-order valence-electron chi connectivity index (χ2n) is 2.30. The summed E-state index contributed by atoms with van der Waals surface area (Å²) in [4.78, 5) is 10.8. The Kier molecular flexibility index (Phi) is 4.07. The summed E-state index contributed by atoms with van der Waals surface area (Å²) < 4.78 is 0. The van der Waals surface area contributed by atoms with E-state index in [1.165, 1.54) is 5.01 Å². The number of hydrogen-bond acceptors (Lipinski definition) is 3. The summed E-state index contributed by atoms with van der Waals surface area (Å²) in [7, 11) is 1.66. The van der Waals surface area contributed by atoms with Crippen LogP contribution in [0.4, 0.5) is 0 Å². The van der Waals surface area contributed by atoms with E-state index in [0.717, 1.165) is 12.1 Å². The number of nitrogens with zero attached hydrogens (tertiary/aromatic N) is 2. The fraction of sp³-hybridized carbons (Fsp3) is 0.667. The molecule has 0 saturated heterocycles. The van der Waals surface area contributed by atoms with E-state index in [4.69, 9.17) is 5.73 Å².